The number of ether oxygens (including phenoxy) is 1. The average molecular weight is 347 g/mol. The molecule has 1 atom stereocenters. The number of carbonyl (C=O) groups is 2. The zero-order chi connectivity index (χ0) is 17.4. The van der Waals surface area contributed by atoms with Crippen LogP contribution in [0.25, 0.3) is 0 Å². The Morgan fingerprint density at radius 2 is 1.96 bits per heavy atom. The van der Waals surface area contributed by atoms with Crippen LogP contribution in [0.5, 0.6) is 0 Å². The van der Waals surface area contributed by atoms with Crippen molar-refractivity contribution in [2.24, 2.45) is 0 Å². The molecule has 6 heteroatoms. The number of aromatic nitrogens is 1. The minimum Gasteiger partial charge on any atom is -0.469 e. The number of rotatable bonds is 7. The number of halogens is 1. The van der Waals surface area contributed by atoms with Crippen LogP contribution in [0.1, 0.15) is 30.1 Å². The molecule has 24 heavy (non-hydrogen) atoms. The fourth-order valence-corrected chi connectivity index (χ4v) is 2.38. The molecule has 1 heterocycles. The highest BCUT2D eigenvalue weighted by molar-refractivity contribution is 6.30. The molecule has 0 saturated heterocycles. The fourth-order valence-electron chi connectivity index (χ4n) is 2.25. The van der Waals surface area contributed by atoms with Crippen molar-refractivity contribution < 1.29 is 14.3 Å². The molecule has 1 amide bonds. The van der Waals surface area contributed by atoms with Gasteiger partial charge in [-0.25, -0.2) is 0 Å². The standard InChI is InChI=1S/C18H19ClN2O3/c1-24-18(23)12-16(13-5-7-14(19)8-6-13)21-17(22)10-9-15-4-2-3-11-20-15/h2-8,11,16H,9-10,12H2,1H3,(H,21,22)/t16-/m0/s1. The minimum absolute atomic E-state index is 0.0630. The van der Waals surface area contributed by atoms with Gasteiger partial charge in [0.2, 0.25) is 5.91 Å². The maximum atomic E-state index is 12.2. The number of hydrogen-bond donors (Lipinski definition) is 1. The van der Waals surface area contributed by atoms with Crippen LogP contribution in [0.3, 0.4) is 0 Å². The Morgan fingerprint density at radius 1 is 1.21 bits per heavy atom. The van der Waals surface area contributed by atoms with Crippen LogP contribution in [-0.4, -0.2) is 24.0 Å². The second-order valence-corrected chi connectivity index (χ2v) is 5.71. The van der Waals surface area contributed by atoms with Gasteiger partial charge in [-0.05, 0) is 36.2 Å². The highest BCUT2D eigenvalue weighted by Crippen LogP contribution is 2.20. The van der Waals surface area contributed by atoms with E-state index in [0.29, 0.717) is 17.9 Å². The second-order valence-electron chi connectivity index (χ2n) is 5.27. The summed E-state index contributed by atoms with van der Waals surface area (Å²) in [6, 6.07) is 12.2. The van der Waals surface area contributed by atoms with E-state index in [1.165, 1.54) is 7.11 Å². The molecule has 126 valence electrons. The topological polar surface area (TPSA) is 68.3 Å². The van der Waals surface area contributed by atoms with Crippen LogP contribution < -0.4 is 5.32 Å². The maximum absolute atomic E-state index is 12.2. The lowest BCUT2D eigenvalue weighted by molar-refractivity contribution is -0.141. The van der Waals surface area contributed by atoms with Crippen LogP contribution in [0, 0.1) is 0 Å². The Hall–Kier alpha value is -2.40. The summed E-state index contributed by atoms with van der Waals surface area (Å²) in [5.74, 6) is -0.538. The predicted molar refractivity (Wildman–Crippen MR) is 91.5 cm³/mol. The van der Waals surface area contributed by atoms with E-state index < -0.39 is 6.04 Å². The van der Waals surface area contributed by atoms with Crippen LogP contribution in [0.2, 0.25) is 5.02 Å². The van der Waals surface area contributed by atoms with Crippen molar-refractivity contribution in [2.45, 2.75) is 25.3 Å². The quantitative estimate of drug-likeness (QED) is 0.782. The molecule has 2 aromatic rings. The molecule has 1 aromatic heterocycles. The number of aryl methyl sites for hydroxylation is 1. The summed E-state index contributed by atoms with van der Waals surface area (Å²) < 4.78 is 4.71. The number of methoxy groups -OCH3 is 1. The number of carbonyl (C=O) groups excluding carboxylic acids is 2. The molecule has 0 aliphatic carbocycles. The zero-order valence-electron chi connectivity index (χ0n) is 13.4. The van der Waals surface area contributed by atoms with Gasteiger partial charge in [0.15, 0.2) is 0 Å². The summed E-state index contributed by atoms with van der Waals surface area (Å²) >= 11 is 5.89. The number of esters is 1. The van der Waals surface area contributed by atoms with Crippen molar-refractivity contribution in [2.75, 3.05) is 7.11 Å². The van der Waals surface area contributed by atoms with Gasteiger partial charge in [0.05, 0.1) is 19.6 Å². The third kappa shape index (κ3) is 5.66. The lowest BCUT2D eigenvalue weighted by Crippen LogP contribution is -2.30. The molecular formula is C18H19ClN2O3. The molecule has 0 radical (unpaired) electrons. The van der Waals surface area contributed by atoms with E-state index in [1.54, 1.807) is 30.5 Å². The van der Waals surface area contributed by atoms with Gasteiger partial charge in [-0.3, -0.25) is 14.6 Å². The molecule has 2 rings (SSSR count). The van der Waals surface area contributed by atoms with Crippen LogP contribution in [0.4, 0.5) is 0 Å². The zero-order valence-corrected chi connectivity index (χ0v) is 14.1. The number of nitrogens with zero attached hydrogens (tertiary/aromatic N) is 1. The molecule has 1 N–H and O–H groups in total. The number of amides is 1. The first-order valence-electron chi connectivity index (χ1n) is 7.60. The van der Waals surface area contributed by atoms with Crippen molar-refractivity contribution in [3.8, 4) is 0 Å². The lowest BCUT2D eigenvalue weighted by Gasteiger charge is -2.18. The first kappa shape index (κ1) is 17.9. The predicted octanol–water partition coefficient (Wildman–Crippen LogP) is 3.09. The van der Waals surface area contributed by atoms with Crippen molar-refractivity contribution >= 4 is 23.5 Å². The maximum Gasteiger partial charge on any atom is 0.307 e. The van der Waals surface area contributed by atoms with Crippen LogP contribution in [-0.2, 0) is 20.7 Å². The van der Waals surface area contributed by atoms with E-state index in [2.05, 4.69) is 10.3 Å². The first-order valence-corrected chi connectivity index (χ1v) is 7.98. The van der Waals surface area contributed by atoms with Crippen LogP contribution in [0.15, 0.2) is 48.7 Å². The Kier molecular flexibility index (Phi) is 6.75. The van der Waals surface area contributed by atoms with E-state index in [-0.39, 0.29) is 18.3 Å². The van der Waals surface area contributed by atoms with E-state index in [1.807, 2.05) is 18.2 Å². The SMILES string of the molecule is COC(=O)C[C@H](NC(=O)CCc1ccccn1)c1ccc(Cl)cc1. The summed E-state index contributed by atoms with van der Waals surface area (Å²) in [4.78, 5) is 28.0. The normalized spacial score (nSPS) is 11.6. The molecule has 5 nitrogen and oxygen atoms in total. The Morgan fingerprint density at radius 3 is 2.58 bits per heavy atom. The third-order valence-electron chi connectivity index (χ3n) is 3.54. The Balaban J connectivity index is 2.00. The van der Waals surface area contributed by atoms with Crippen molar-refractivity contribution in [3.63, 3.8) is 0 Å². The summed E-state index contributed by atoms with van der Waals surface area (Å²) in [6.07, 6.45) is 2.59. The highest BCUT2D eigenvalue weighted by atomic mass is 35.5. The molecule has 0 aliphatic heterocycles. The molecule has 0 spiro atoms. The van der Waals surface area contributed by atoms with Gasteiger partial charge in [-0.1, -0.05) is 29.8 Å². The van der Waals surface area contributed by atoms with Gasteiger partial charge in [-0.2, -0.15) is 0 Å². The number of nitrogens with one attached hydrogen (secondary N) is 1. The van der Waals surface area contributed by atoms with Crippen LogP contribution >= 0.6 is 11.6 Å². The van der Waals surface area contributed by atoms with Gasteiger partial charge in [0, 0.05) is 23.3 Å². The van der Waals surface area contributed by atoms with E-state index >= 15 is 0 Å². The number of benzene rings is 1. The van der Waals surface area contributed by atoms with Gasteiger partial charge >= 0.3 is 5.97 Å². The van der Waals surface area contributed by atoms with Gasteiger partial charge in [0.1, 0.15) is 0 Å². The first-order chi connectivity index (χ1) is 11.6. The number of pyridine rings is 1. The average Bonchev–Trinajstić information content (AvgIpc) is 2.61. The van der Waals surface area contributed by atoms with Gasteiger partial charge in [0.25, 0.3) is 0 Å². The molecule has 0 bridgehead atoms. The Bertz CT molecular complexity index is 674. The molecular weight excluding hydrogens is 328 g/mol. The van der Waals surface area contributed by atoms with Crippen molar-refractivity contribution in [1.29, 1.82) is 0 Å². The number of hydrogen-bond acceptors (Lipinski definition) is 4. The summed E-state index contributed by atoms with van der Waals surface area (Å²) in [5.41, 5.74) is 1.65. The van der Waals surface area contributed by atoms with Crippen molar-refractivity contribution in [1.82, 2.24) is 10.3 Å². The molecule has 0 saturated carbocycles. The summed E-state index contributed by atoms with van der Waals surface area (Å²) in [7, 11) is 1.32. The second kappa shape index (κ2) is 9.03. The molecule has 0 unspecified atom stereocenters. The Labute approximate surface area is 146 Å². The monoisotopic (exact) mass is 346 g/mol. The van der Waals surface area contributed by atoms with Crippen molar-refractivity contribution in [3.05, 3.63) is 64.9 Å². The largest absolute Gasteiger partial charge is 0.469 e. The molecule has 1 aromatic carbocycles. The fraction of sp³-hybridized carbons (Fsp3) is 0.278. The minimum atomic E-state index is -0.453. The van der Waals surface area contributed by atoms with E-state index in [9.17, 15) is 9.59 Å². The summed E-state index contributed by atoms with van der Waals surface area (Å²) in [6.45, 7) is 0. The smallest absolute Gasteiger partial charge is 0.307 e. The van der Waals surface area contributed by atoms with E-state index in [0.717, 1.165) is 11.3 Å². The third-order valence-corrected chi connectivity index (χ3v) is 3.79. The summed E-state index contributed by atoms with van der Waals surface area (Å²) in [5, 5.41) is 3.47. The van der Waals surface area contributed by atoms with Gasteiger partial charge < -0.3 is 10.1 Å². The molecule has 0 aliphatic rings. The highest BCUT2D eigenvalue weighted by Gasteiger charge is 2.19. The van der Waals surface area contributed by atoms with Gasteiger partial charge in [-0.15, -0.1) is 0 Å². The molecule has 0 fully saturated rings. The van der Waals surface area contributed by atoms with E-state index in [4.69, 9.17) is 16.3 Å². The lowest BCUT2D eigenvalue weighted by atomic mass is 10.0.